The molecule has 0 saturated heterocycles. The van der Waals surface area contributed by atoms with Gasteiger partial charge in [0.25, 0.3) is 0 Å². The Kier molecular flexibility index (Phi) is 2.41. The summed E-state index contributed by atoms with van der Waals surface area (Å²) in [5.74, 6) is 0. The van der Waals surface area contributed by atoms with Gasteiger partial charge in [-0.3, -0.25) is 0 Å². The van der Waals surface area contributed by atoms with E-state index in [1.165, 1.54) is 11.5 Å². The second-order valence-electron chi connectivity index (χ2n) is 2.61. The Balaban J connectivity index is 2.47. The van der Waals surface area contributed by atoms with E-state index in [2.05, 4.69) is 9.59 Å². The fraction of sp³-hybridized carbons (Fsp3) is 0.111. The van der Waals surface area contributed by atoms with E-state index in [4.69, 9.17) is 7.85 Å². The normalized spacial score (nSPS) is 10.2. The average molecular weight is 186 g/mol. The minimum absolute atomic E-state index is 0.502. The highest BCUT2D eigenvalue weighted by molar-refractivity contribution is 7.06. The van der Waals surface area contributed by atoms with Crippen LogP contribution >= 0.6 is 11.5 Å². The lowest BCUT2D eigenvalue weighted by Crippen LogP contribution is -1.84. The lowest BCUT2D eigenvalue weighted by Gasteiger charge is -1.96. The molecule has 1 aromatic heterocycles. The first-order valence-corrected chi connectivity index (χ1v) is 4.76. The molecule has 1 aromatic carbocycles. The standard InChI is InChI=1S/C9H7BN2S/c10-6-8-9(11-12-13-8)7-4-2-1-3-5-7/h1-5H,6H2. The molecule has 0 aliphatic carbocycles. The number of rotatable bonds is 2. The Bertz CT molecular complexity index is 386. The molecule has 13 heavy (non-hydrogen) atoms. The van der Waals surface area contributed by atoms with Crippen LogP contribution in [0.2, 0.25) is 0 Å². The Morgan fingerprint density at radius 1 is 1.23 bits per heavy atom. The van der Waals surface area contributed by atoms with E-state index in [0.29, 0.717) is 6.32 Å². The number of nitrogens with zero attached hydrogens (tertiary/aromatic N) is 2. The summed E-state index contributed by atoms with van der Waals surface area (Å²) < 4.78 is 3.88. The highest BCUT2D eigenvalue weighted by atomic mass is 32.1. The van der Waals surface area contributed by atoms with Gasteiger partial charge < -0.3 is 0 Å². The Morgan fingerprint density at radius 2 is 2.00 bits per heavy atom. The van der Waals surface area contributed by atoms with Crippen LogP contribution in [0.3, 0.4) is 0 Å². The Labute approximate surface area is 82.2 Å². The molecule has 0 fully saturated rings. The van der Waals surface area contributed by atoms with Crippen molar-refractivity contribution in [2.75, 3.05) is 0 Å². The largest absolute Gasteiger partial charge is 0.138 e. The van der Waals surface area contributed by atoms with E-state index in [1.54, 1.807) is 0 Å². The van der Waals surface area contributed by atoms with Crippen molar-refractivity contribution in [1.82, 2.24) is 9.59 Å². The molecule has 0 atom stereocenters. The van der Waals surface area contributed by atoms with Crippen LogP contribution < -0.4 is 0 Å². The van der Waals surface area contributed by atoms with Crippen molar-refractivity contribution >= 4 is 19.4 Å². The summed E-state index contributed by atoms with van der Waals surface area (Å²) in [5.41, 5.74) is 1.99. The molecule has 0 bridgehead atoms. The third-order valence-corrected chi connectivity index (χ3v) is 2.53. The van der Waals surface area contributed by atoms with Gasteiger partial charge in [-0.05, 0) is 11.5 Å². The first kappa shape index (κ1) is 8.44. The molecule has 2 nitrogen and oxygen atoms in total. The molecule has 1 heterocycles. The van der Waals surface area contributed by atoms with Crippen molar-refractivity contribution < 1.29 is 0 Å². The maximum Gasteiger partial charge on any atom is 0.108 e. The van der Waals surface area contributed by atoms with Gasteiger partial charge in [0.1, 0.15) is 5.69 Å². The monoisotopic (exact) mass is 186 g/mol. The first-order valence-electron chi connectivity index (χ1n) is 3.98. The minimum atomic E-state index is 0.502. The molecule has 2 rings (SSSR count). The van der Waals surface area contributed by atoms with Gasteiger partial charge in [-0.1, -0.05) is 41.1 Å². The van der Waals surface area contributed by atoms with Crippen LogP contribution in [-0.4, -0.2) is 17.4 Å². The minimum Gasteiger partial charge on any atom is -0.138 e. The summed E-state index contributed by atoms with van der Waals surface area (Å²) in [4.78, 5) is 1.03. The summed E-state index contributed by atoms with van der Waals surface area (Å²) in [6, 6.07) is 9.96. The maximum atomic E-state index is 5.56. The Morgan fingerprint density at radius 3 is 2.69 bits per heavy atom. The first-order chi connectivity index (χ1) is 6.42. The Hall–Kier alpha value is -1.16. The maximum absolute atomic E-state index is 5.56. The van der Waals surface area contributed by atoms with E-state index < -0.39 is 0 Å². The highest BCUT2D eigenvalue weighted by Crippen LogP contribution is 2.22. The van der Waals surface area contributed by atoms with Crippen molar-refractivity contribution in [2.24, 2.45) is 0 Å². The zero-order valence-electron chi connectivity index (χ0n) is 6.97. The SMILES string of the molecule is [B]Cc1snnc1-c1ccccc1. The van der Waals surface area contributed by atoms with Crippen LogP contribution in [0.5, 0.6) is 0 Å². The van der Waals surface area contributed by atoms with Gasteiger partial charge >= 0.3 is 0 Å². The lowest BCUT2D eigenvalue weighted by atomic mass is 10.0. The van der Waals surface area contributed by atoms with E-state index in [9.17, 15) is 0 Å². The molecular formula is C9H7BN2S. The van der Waals surface area contributed by atoms with E-state index in [-0.39, 0.29) is 0 Å². The topological polar surface area (TPSA) is 25.8 Å². The molecule has 0 aliphatic heterocycles. The predicted octanol–water partition coefficient (Wildman–Crippen LogP) is 1.87. The van der Waals surface area contributed by atoms with Gasteiger partial charge in [-0.15, -0.1) is 5.10 Å². The summed E-state index contributed by atoms with van der Waals surface area (Å²) >= 11 is 1.36. The molecule has 0 aliphatic rings. The van der Waals surface area contributed by atoms with Crippen LogP contribution in [0, 0.1) is 0 Å². The molecule has 0 unspecified atom stereocenters. The van der Waals surface area contributed by atoms with E-state index >= 15 is 0 Å². The van der Waals surface area contributed by atoms with Gasteiger partial charge in [0.2, 0.25) is 0 Å². The number of aromatic nitrogens is 2. The fourth-order valence-corrected chi connectivity index (χ4v) is 1.70. The summed E-state index contributed by atoms with van der Waals surface area (Å²) in [6.45, 7) is 0. The highest BCUT2D eigenvalue weighted by Gasteiger charge is 2.06. The molecule has 0 amide bonds. The summed E-state index contributed by atoms with van der Waals surface area (Å²) in [7, 11) is 5.56. The zero-order valence-corrected chi connectivity index (χ0v) is 7.79. The van der Waals surface area contributed by atoms with Crippen molar-refractivity contribution in [3.63, 3.8) is 0 Å². The van der Waals surface area contributed by atoms with Crippen LogP contribution in [-0.2, 0) is 6.32 Å². The molecule has 2 aromatic rings. The summed E-state index contributed by atoms with van der Waals surface area (Å²) in [6.07, 6.45) is 0.502. The second kappa shape index (κ2) is 3.70. The van der Waals surface area contributed by atoms with Crippen LogP contribution in [0.4, 0.5) is 0 Å². The van der Waals surface area contributed by atoms with Crippen molar-refractivity contribution in [1.29, 1.82) is 0 Å². The lowest BCUT2D eigenvalue weighted by molar-refractivity contribution is 1.15. The molecule has 2 radical (unpaired) electrons. The van der Waals surface area contributed by atoms with Crippen LogP contribution in [0.15, 0.2) is 30.3 Å². The smallest absolute Gasteiger partial charge is 0.108 e. The average Bonchev–Trinajstić information content (AvgIpc) is 2.67. The third kappa shape index (κ3) is 1.63. The van der Waals surface area contributed by atoms with Crippen LogP contribution in [0.1, 0.15) is 4.88 Å². The predicted molar refractivity (Wildman–Crippen MR) is 54.8 cm³/mol. The van der Waals surface area contributed by atoms with Crippen molar-refractivity contribution in [2.45, 2.75) is 6.32 Å². The molecule has 0 saturated carbocycles. The van der Waals surface area contributed by atoms with Crippen LogP contribution in [0.25, 0.3) is 11.3 Å². The third-order valence-electron chi connectivity index (χ3n) is 1.79. The molecule has 0 N–H and O–H groups in total. The number of benzene rings is 1. The molecular weight excluding hydrogens is 179 g/mol. The number of hydrogen-bond acceptors (Lipinski definition) is 3. The molecule has 62 valence electrons. The zero-order chi connectivity index (χ0) is 9.10. The van der Waals surface area contributed by atoms with E-state index in [0.717, 1.165) is 16.1 Å². The fourth-order valence-electron chi connectivity index (χ4n) is 1.16. The van der Waals surface area contributed by atoms with Gasteiger partial charge in [-0.25, -0.2) is 0 Å². The van der Waals surface area contributed by atoms with Crippen molar-refractivity contribution in [3.8, 4) is 11.3 Å². The quantitative estimate of drug-likeness (QED) is 0.669. The van der Waals surface area contributed by atoms with Gasteiger partial charge in [0, 0.05) is 10.4 Å². The number of hydrogen-bond donors (Lipinski definition) is 0. The second-order valence-corrected chi connectivity index (χ2v) is 3.45. The van der Waals surface area contributed by atoms with E-state index in [1.807, 2.05) is 30.3 Å². The van der Waals surface area contributed by atoms with Gasteiger partial charge in [0.05, 0.1) is 7.85 Å². The van der Waals surface area contributed by atoms with Crippen molar-refractivity contribution in [3.05, 3.63) is 35.2 Å². The molecule has 0 spiro atoms. The van der Waals surface area contributed by atoms with Gasteiger partial charge in [-0.2, -0.15) is 0 Å². The molecule has 4 heteroatoms. The van der Waals surface area contributed by atoms with Gasteiger partial charge in [0.15, 0.2) is 0 Å². The summed E-state index contributed by atoms with van der Waals surface area (Å²) in [5, 5.41) is 4.05.